The SMILES string of the molecule is CC(C)(C)OC(=O)N1CC(C(=O)O)C2CSCC21. The highest BCUT2D eigenvalue weighted by atomic mass is 32.2. The Morgan fingerprint density at radius 2 is 2.00 bits per heavy atom. The lowest BCUT2D eigenvalue weighted by Gasteiger charge is -2.27. The van der Waals surface area contributed by atoms with E-state index in [2.05, 4.69) is 0 Å². The molecule has 2 aliphatic heterocycles. The number of nitrogens with zero attached hydrogens (tertiary/aromatic N) is 1. The summed E-state index contributed by atoms with van der Waals surface area (Å²) in [6, 6.07) is 0.0194. The van der Waals surface area contributed by atoms with Gasteiger partial charge in [0.05, 0.1) is 5.92 Å². The molecule has 6 heteroatoms. The Morgan fingerprint density at radius 3 is 2.56 bits per heavy atom. The summed E-state index contributed by atoms with van der Waals surface area (Å²) >= 11 is 1.71. The van der Waals surface area contributed by atoms with Crippen LogP contribution in [0.25, 0.3) is 0 Å². The number of carbonyl (C=O) groups excluding carboxylic acids is 1. The average Bonchev–Trinajstić information content (AvgIpc) is 2.72. The van der Waals surface area contributed by atoms with Crippen molar-refractivity contribution < 1.29 is 19.4 Å². The number of hydrogen-bond donors (Lipinski definition) is 1. The van der Waals surface area contributed by atoms with Crippen LogP contribution in [0.4, 0.5) is 4.79 Å². The third-order valence-electron chi connectivity index (χ3n) is 3.35. The maximum atomic E-state index is 12.1. The van der Waals surface area contributed by atoms with Crippen LogP contribution in [0.3, 0.4) is 0 Å². The van der Waals surface area contributed by atoms with Gasteiger partial charge in [-0.3, -0.25) is 4.79 Å². The zero-order valence-corrected chi connectivity index (χ0v) is 11.7. The molecule has 2 aliphatic rings. The van der Waals surface area contributed by atoms with Crippen LogP contribution in [-0.2, 0) is 9.53 Å². The molecule has 2 saturated heterocycles. The fourth-order valence-corrected chi connectivity index (χ4v) is 4.07. The van der Waals surface area contributed by atoms with E-state index in [1.165, 1.54) is 0 Å². The zero-order valence-electron chi connectivity index (χ0n) is 10.9. The van der Waals surface area contributed by atoms with Gasteiger partial charge in [0, 0.05) is 24.3 Å². The summed E-state index contributed by atoms with van der Waals surface area (Å²) in [6.07, 6.45) is -0.385. The van der Waals surface area contributed by atoms with Crippen molar-refractivity contribution in [2.75, 3.05) is 18.1 Å². The second kappa shape index (κ2) is 4.64. The molecule has 3 atom stereocenters. The Kier molecular flexibility index (Phi) is 3.49. The first-order chi connectivity index (χ1) is 8.29. The van der Waals surface area contributed by atoms with E-state index in [9.17, 15) is 14.7 Å². The standard InChI is InChI=1S/C12H19NO4S/c1-12(2,3)17-11(16)13-4-7(10(14)15)8-5-18-6-9(8)13/h7-9H,4-6H2,1-3H3,(H,14,15). The summed E-state index contributed by atoms with van der Waals surface area (Å²) in [5.74, 6) is 0.449. The van der Waals surface area contributed by atoms with E-state index in [0.717, 1.165) is 11.5 Å². The van der Waals surface area contributed by atoms with Gasteiger partial charge in [-0.15, -0.1) is 0 Å². The highest BCUT2D eigenvalue weighted by molar-refractivity contribution is 7.99. The second-order valence-electron chi connectivity index (χ2n) is 5.85. The maximum absolute atomic E-state index is 12.1. The predicted octanol–water partition coefficient (Wildman–Crippen LogP) is 1.67. The molecule has 0 spiro atoms. The van der Waals surface area contributed by atoms with Crippen LogP contribution in [0.5, 0.6) is 0 Å². The minimum absolute atomic E-state index is 0.0194. The van der Waals surface area contributed by atoms with E-state index in [-0.39, 0.29) is 24.6 Å². The number of carbonyl (C=O) groups is 2. The summed E-state index contributed by atoms with van der Waals surface area (Å²) in [4.78, 5) is 24.9. The summed E-state index contributed by atoms with van der Waals surface area (Å²) in [7, 11) is 0. The summed E-state index contributed by atoms with van der Waals surface area (Å²) in [6.45, 7) is 5.73. The first-order valence-corrected chi connectivity index (χ1v) is 7.25. The highest BCUT2D eigenvalue weighted by Crippen LogP contribution is 2.40. The molecule has 0 aromatic carbocycles. The van der Waals surface area contributed by atoms with Crippen LogP contribution >= 0.6 is 11.8 Å². The topological polar surface area (TPSA) is 66.8 Å². The molecule has 3 unspecified atom stereocenters. The van der Waals surface area contributed by atoms with Crippen molar-refractivity contribution in [1.82, 2.24) is 4.90 Å². The molecule has 0 aliphatic carbocycles. The monoisotopic (exact) mass is 273 g/mol. The Hall–Kier alpha value is -0.910. The molecule has 0 saturated carbocycles. The van der Waals surface area contributed by atoms with Crippen LogP contribution in [0.1, 0.15) is 20.8 Å². The largest absolute Gasteiger partial charge is 0.481 e. The number of aliphatic carboxylic acids is 1. The van der Waals surface area contributed by atoms with Crippen molar-refractivity contribution in [2.24, 2.45) is 11.8 Å². The van der Waals surface area contributed by atoms with Crippen molar-refractivity contribution in [3.63, 3.8) is 0 Å². The molecule has 2 heterocycles. The lowest BCUT2D eigenvalue weighted by atomic mass is 9.94. The Morgan fingerprint density at radius 1 is 1.33 bits per heavy atom. The van der Waals surface area contributed by atoms with Crippen molar-refractivity contribution >= 4 is 23.8 Å². The van der Waals surface area contributed by atoms with Gasteiger partial charge in [0.25, 0.3) is 0 Å². The summed E-state index contributed by atoms with van der Waals surface area (Å²) in [5, 5.41) is 9.20. The molecule has 2 rings (SSSR count). The normalized spacial score (nSPS) is 31.3. The van der Waals surface area contributed by atoms with Gasteiger partial charge in [-0.25, -0.2) is 4.79 Å². The van der Waals surface area contributed by atoms with Gasteiger partial charge in [-0.05, 0) is 26.5 Å². The van der Waals surface area contributed by atoms with Crippen LogP contribution in [0.15, 0.2) is 0 Å². The van der Waals surface area contributed by atoms with Gasteiger partial charge >= 0.3 is 12.1 Å². The smallest absolute Gasteiger partial charge is 0.410 e. The minimum atomic E-state index is -0.807. The van der Waals surface area contributed by atoms with Gasteiger partial charge in [0.1, 0.15) is 5.60 Å². The first-order valence-electron chi connectivity index (χ1n) is 6.10. The van der Waals surface area contributed by atoms with Crippen molar-refractivity contribution in [3.8, 4) is 0 Å². The Bertz CT molecular complexity index is 366. The highest BCUT2D eigenvalue weighted by Gasteiger charge is 2.50. The van der Waals surface area contributed by atoms with Gasteiger partial charge in [0.15, 0.2) is 0 Å². The third kappa shape index (κ3) is 2.58. The number of amides is 1. The van der Waals surface area contributed by atoms with E-state index in [4.69, 9.17) is 4.74 Å². The molecule has 2 fully saturated rings. The minimum Gasteiger partial charge on any atom is -0.481 e. The van der Waals surface area contributed by atoms with Crippen LogP contribution in [0.2, 0.25) is 0 Å². The molecule has 0 aromatic rings. The van der Waals surface area contributed by atoms with Crippen LogP contribution in [0, 0.1) is 11.8 Å². The number of ether oxygens (including phenoxy) is 1. The van der Waals surface area contributed by atoms with E-state index in [1.54, 1.807) is 16.7 Å². The van der Waals surface area contributed by atoms with Gasteiger partial charge in [-0.2, -0.15) is 11.8 Å². The fraction of sp³-hybridized carbons (Fsp3) is 0.833. The molecule has 0 radical (unpaired) electrons. The number of thioether (sulfide) groups is 1. The van der Waals surface area contributed by atoms with E-state index in [0.29, 0.717) is 0 Å². The molecular weight excluding hydrogens is 254 g/mol. The number of carboxylic acids is 1. The van der Waals surface area contributed by atoms with Crippen LogP contribution < -0.4 is 0 Å². The predicted molar refractivity (Wildman–Crippen MR) is 68.7 cm³/mol. The number of hydrogen-bond acceptors (Lipinski definition) is 4. The molecule has 1 amide bonds. The van der Waals surface area contributed by atoms with Gasteiger partial charge < -0.3 is 14.7 Å². The van der Waals surface area contributed by atoms with Gasteiger partial charge in [-0.1, -0.05) is 0 Å². The van der Waals surface area contributed by atoms with Gasteiger partial charge in [0.2, 0.25) is 0 Å². The van der Waals surface area contributed by atoms with Crippen LogP contribution in [-0.4, -0.2) is 51.8 Å². The molecule has 102 valence electrons. The molecule has 0 aromatic heterocycles. The molecule has 0 bridgehead atoms. The summed E-state index contributed by atoms with van der Waals surface area (Å²) in [5.41, 5.74) is -0.542. The van der Waals surface area contributed by atoms with Crippen molar-refractivity contribution in [1.29, 1.82) is 0 Å². The van der Waals surface area contributed by atoms with E-state index in [1.807, 2.05) is 20.8 Å². The Labute approximate surface area is 111 Å². The van der Waals surface area contributed by atoms with E-state index >= 15 is 0 Å². The number of likely N-dealkylation sites (tertiary alicyclic amines) is 1. The lowest BCUT2D eigenvalue weighted by Crippen LogP contribution is -2.41. The quantitative estimate of drug-likeness (QED) is 0.787. The van der Waals surface area contributed by atoms with Crippen molar-refractivity contribution in [3.05, 3.63) is 0 Å². The molecule has 5 nitrogen and oxygen atoms in total. The second-order valence-corrected chi connectivity index (χ2v) is 6.92. The first kappa shape index (κ1) is 13.5. The zero-order chi connectivity index (χ0) is 13.5. The fourth-order valence-electron chi connectivity index (χ4n) is 2.54. The molecule has 1 N–H and O–H groups in total. The third-order valence-corrected chi connectivity index (χ3v) is 4.55. The lowest BCUT2D eigenvalue weighted by molar-refractivity contribution is -0.142. The molecule has 18 heavy (non-hydrogen) atoms. The maximum Gasteiger partial charge on any atom is 0.410 e. The van der Waals surface area contributed by atoms with E-state index < -0.39 is 17.5 Å². The average molecular weight is 273 g/mol. The van der Waals surface area contributed by atoms with Crippen molar-refractivity contribution in [2.45, 2.75) is 32.4 Å². The summed E-state index contributed by atoms with van der Waals surface area (Å²) < 4.78 is 5.34. The number of rotatable bonds is 1. The Balaban J connectivity index is 2.10. The molecular formula is C12H19NO4S. The number of fused-ring (bicyclic) bond motifs is 1. The number of carboxylic acid groups (broad SMARTS) is 1.